The fourth-order valence-corrected chi connectivity index (χ4v) is 1.00. The molecule has 0 aromatic carbocycles. The zero-order chi connectivity index (χ0) is 7.56. The van der Waals surface area contributed by atoms with Crippen LogP contribution in [0.25, 0.3) is 0 Å². The quantitative estimate of drug-likeness (QED) is 0.671. The van der Waals surface area contributed by atoms with Gasteiger partial charge in [0.15, 0.2) is 0 Å². The average molecular weight is 223 g/mol. The van der Waals surface area contributed by atoms with Crippen molar-refractivity contribution in [2.75, 3.05) is 0 Å². The lowest BCUT2D eigenvalue weighted by Crippen LogP contribution is -2.20. The third-order valence-corrected chi connectivity index (χ3v) is 1.81. The van der Waals surface area contributed by atoms with Gasteiger partial charge in [0.25, 0.3) is 5.56 Å². The van der Waals surface area contributed by atoms with E-state index in [4.69, 9.17) is 11.6 Å². The van der Waals surface area contributed by atoms with Crippen molar-refractivity contribution < 1.29 is 0 Å². The predicted molar refractivity (Wildman–Crippen MR) is 42.1 cm³/mol. The van der Waals surface area contributed by atoms with E-state index in [1.54, 1.807) is 6.07 Å². The Morgan fingerprint density at radius 1 is 1.80 bits per heavy atom. The van der Waals surface area contributed by atoms with Gasteiger partial charge < -0.3 is 0 Å². The highest BCUT2D eigenvalue weighted by molar-refractivity contribution is 9.10. The minimum absolute atomic E-state index is 0.0816. The summed E-state index contributed by atoms with van der Waals surface area (Å²) in [6, 6.07) is 1.66. The van der Waals surface area contributed by atoms with E-state index < -0.39 is 0 Å². The fourth-order valence-electron chi connectivity index (χ4n) is 0.511. The molecular weight excluding hydrogens is 219 g/mol. The molecule has 0 aliphatic rings. The minimum Gasteiger partial charge on any atom is -0.266 e. The Morgan fingerprint density at radius 3 is 3.00 bits per heavy atom. The molecule has 54 valence electrons. The molecule has 5 heteroatoms. The van der Waals surface area contributed by atoms with Gasteiger partial charge in [-0.05, 0) is 22.0 Å². The molecule has 0 bridgehead atoms. The lowest BCUT2D eigenvalue weighted by Gasteiger charge is -1.96. The number of hydrogen-bond acceptors (Lipinski definition) is 2. The van der Waals surface area contributed by atoms with Crippen LogP contribution in [-0.4, -0.2) is 9.78 Å². The van der Waals surface area contributed by atoms with E-state index in [9.17, 15) is 4.79 Å². The third kappa shape index (κ3) is 1.38. The molecule has 0 amide bonds. The van der Waals surface area contributed by atoms with Gasteiger partial charge in [0.2, 0.25) is 0 Å². The van der Waals surface area contributed by atoms with Crippen LogP contribution in [-0.2, 0) is 6.00 Å². The first-order valence-electron chi connectivity index (χ1n) is 2.53. The summed E-state index contributed by atoms with van der Waals surface area (Å²) in [5, 5.41) is 3.70. The summed E-state index contributed by atoms with van der Waals surface area (Å²) in [5.41, 5.74) is -0.211. The smallest absolute Gasteiger partial charge is 0.266 e. The van der Waals surface area contributed by atoms with Crippen molar-refractivity contribution in [3.05, 3.63) is 27.1 Å². The Labute approximate surface area is 70.7 Å². The van der Waals surface area contributed by atoms with E-state index >= 15 is 0 Å². The van der Waals surface area contributed by atoms with Crippen molar-refractivity contribution in [2.24, 2.45) is 0 Å². The lowest BCUT2D eigenvalue weighted by atomic mass is 10.6. The van der Waals surface area contributed by atoms with Crippen molar-refractivity contribution >= 4 is 27.5 Å². The van der Waals surface area contributed by atoms with Crippen LogP contribution in [0.4, 0.5) is 0 Å². The van der Waals surface area contributed by atoms with Gasteiger partial charge in [-0.25, -0.2) is 4.68 Å². The van der Waals surface area contributed by atoms with E-state index in [1.807, 2.05) is 0 Å². The standard InChI is InChI=1S/C5H4BrClN2O/c6-4-1-2-8-9(3-7)5(4)10/h1-2H,3H2. The summed E-state index contributed by atoms with van der Waals surface area (Å²) in [7, 11) is 0. The average Bonchev–Trinajstić information content (AvgIpc) is 1.95. The summed E-state index contributed by atoms with van der Waals surface area (Å²) in [6.07, 6.45) is 1.51. The molecule has 1 aromatic heterocycles. The summed E-state index contributed by atoms with van der Waals surface area (Å²) in [6.45, 7) is 0. The molecule has 0 spiro atoms. The molecule has 0 N–H and O–H groups in total. The molecule has 0 atom stereocenters. The second-order valence-electron chi connectivity index (χ2n) is 1.60. The van der Waals surface area contributed by atoms with Crippen LogP contribution in [0.2, 0.25) is 0 Å². The highest BCUT2D eigenvalue weighted by Gasteiger charge is 1.97. The maximum atomic E-state index is 11.0. The van der Waals surface area contributed by atoms with E-state index in [-0.39, 0.29) is 11.6 Å². The van der Waals surface area contributed by atoms with E-state index in [2.05, 4.69) is 21.0 Å². The summed E-state index contributed by atoms with van der Waals surface area (Å²) in [5.74, 6) is 0. The number of hydrogen-bond donors (Lipinski definition) is 0. The number of aromatic nitrogens is 2. The molecule has 10 heavy (non-hydrogen) atoms. The van der Waals surface area contributed by atoms with Crippen LogP contribution >= 0.6 is 27.5 Å². The van der Waals surface area contributed by atoms with Crippen LogP contribution in [0.5, 0.6) is 0 Å². The predicted octanol–water partition coefficient (Wildman–Crippen LogP) is 1.20. The highest BCUT2D eigenvalue weighted by Crippen LogP contribution is 1.98. The SMILES string of the molecule is O=c1c(Br)ccnn1CCl. The second-order valence-corrected chi connectivity index (χ2v) is 2.70. The van der Waals surface area contributed by atoms with Gasteiger partial charge in [0, 0.05) is 6.20 Å². The molecule has 0 aliphatic heterocycles. The van der Waals surface area contributed by atoms with Crippen LogP contribution in [0, 0.1) is 0 Å². The monoisotopic (exact) mass is 222 g/mol. The van der Waals surface area contributed by atoms with Crippen molar-refractivity contribution in [1.82, 2.24) is 9.78 Å². The van der Waals surface area contributed by atoms with E-state index in [0.29, 0.717) is 4.47 Å². The topological polar surface area (TPSA) is 34.9 Å². The molecular formula is C5H4BrClN2O. The fraction of sp³-hybridized carbons (Fsp3) is 0.200. The Balaban J connectivity index is 3.28. The summed E-state index contributed by atoms with van der Waals surface area (Å²) >= 11 is 8.44. The lowest BCUT2D eigenvalue weighted by molar-refractivity contribution is 0.683. The minimum atomic E-state index is -0.211. The Hall–Kier alpha value is -0.350. The summed E-state index contributed by atoms with van der Waals surface area (Å²) < 4.78 is 1.63. The zero-order valence-electron chi connectivity index (χ0n) is 4.92. The van der Waals surface area contributed by atoms with Gasteiger partial charge in [-0.1, -0.05) is 0 Å². The van der Waals surface area contributed by atoms with Gasteiger partial charge in [0.05, 0.1) is 4.47 Å². The normalized spacial score (nSPS) is 9.80. The van der Waals surface area contributed by atoms with Crippen molar-refractivity contribution in [1.29, 1.82) is 0 Å². The molecule has 3 nitrogen and oxygen atoms in total. The van der Waals surface area contributed by atoms with Crippen LogP contribution in [0.15, 0.2) is 21.5 Å². The molecule has 0 aliphatic carbocycles. The molecule has 0 saturated heterocycles. The van der Waals surface area contributed by atoms with Crippen LogP contribution in [0.3, 0.4) is 0 Å². The first kappa shape index (κ1) is 7.75. The molecule has 0 fully saturated rings. The maximum Gasteiger partial charge on any atom is 0.282 e. The van der Waals surface area contributed by atoms with Gasteiger partial charge in [-0.3, -0.25) is 4.79 Å². The van der Waals surface area contributed by atoms with Gasteiger partial charge in [-0.2, -0.15) is 5.10 Å². The largest absolute Gasteiger partial charge is 0.282 e. The number of halogens is 2. The number of alkyl halides is 1. The molecule has 1 heterocycles. The molecule has 1 rings (SSSR count). The van der Waals surface area contributed by atoms with Crippen LogP contribution < -0.4 is 5.56 Å². The van der Waals surface area contributed by atoms with Gasteiger partial charge in [0.1, 0.15) is 6.00 Å². The second kappa shape index (κ2) is 3.16. The van der Waals surface area contributed by atoms with E-state index in [1.165, 1.54) is 6.20 Å². The highest BCUT2D eigenvalue weighted by atomic mass is 79.9. The number of rotatable bonds is 1. The van der Waals surface area contributed by atoms with Crippen LogP contribution in [0.1, 0.15) is 0 Å². The molecule has 0 saturated carbocycles. The molecule has 1 aromatic rings. The van der Waals surface area contributed by atoms with E-state index in [0.717, 1.165) is 4.68 Å². The maximum absolute atomic E-state index is 11.0. The summed E-state index contributed by atoms with van der Waals surface area (Å²) in [4.78, 5) is 11.0. The Bertz CT molecular complexity index is 285. The number of nitrogens with zero attached hydrogens (tertiary/aromatic N) is 2. The zero-order valence-corrected chi connectivity index (χ0v) is 7.26. The van der Waals surface area contributed by atoms with Crippen molar-refractivity contribution in [2.45, 2.75) is 6.00 Å². The molecule has 0 radical (unpaired) electrons. The first-order chi connectivity index (χ1) is 4.75. The van der Waals surface area contributed by atoms with Gasteiger partial charge >= 0.3 is 0 Å². The van der Waals surface area contributed by atoms with Crippen molar-refractivity contribution in [3.8, 4) is 0 Å². The Kier molecular flexibility index (Phi) is 2.45. The Morgan fingerprint density at radius 2 is 2.50 bits per heavy atom. The first-order valence-corrected chi connectivity index (χ1v) is 3.86. The molecule has 0 unspecified atom stereocenters. The van der Waals surface area contributed by atoms with Crippen molar-refractivity contribution in [3.63, 3.8) is 0 Å². The third-order valence-electron chi connectivity index (χ3n) is 0.979. The van der Waals surface area contributed by atoms with Gasteiger partial charge in [-0.15, -0.1) is 11.6 Å².